The Labute approximate surface area is 210 Å². The molecule has 1 aromatic carbocycles. The number of esters is 1. The van der Waals surface area contributed by atoms with Crippen LogP contribution in [0.5, 0.6) is 11.5 Å². The topological polar surface area (TPSA) is 114 Å². The number of nitrogens with one attached hydrogen (secondary N) is 2. The van der Waals surface area contributed by atoms with Gasteiger partial charge in [0.2, 0.25) is 0 Å². The Morgan fingerprint density at radius 1 is 1.17 bits per heavy atom. The Morgan fingerprint density at radius 3 is 2.44 bits per heavy atom. The van der Waals surface area contributed by atoms with Crippen LogP contribution in [0.2, 0.25) is 0 Å². The minimum Gasteiger partial charge on any atom is -0.503 e. The van der Waals surface area contributed by atoms with Crippen LogP contribution in [-0.4, -0.2) is 46.7 Å². The number of pyridine rings is 2. The van der Waals surface area contributed by atoms with Crippen LogP contribution in [0.25, 0.3) is 0 Å². The lowest BCUT2D eigenvalue weighted by atomic mass is 10.1. The van der Waals surface area contributed by atoms with Crippen LogP contribution < -0.4 is 10.1 Å². The number of carbonyl (C=O) groups is 2. The third-order valence-electron chi connectivity index (χ3n) is 4.53. The molecule has 1 amide bonds. The molecular formula is C24H24F3N3O5S. The van der Waals surface area contributed by atoms with Gasteiger partial charge in [-0.05, 0) is 24.6 Å². The number of nitrogens with zero attached hydrogens (tertiary/aromatic N) is 1. The van der Waals surface area contributed by atoms with E-state index in [1.165, 1.54) is 25.4 Å². The number of hydrogen-bond donors (Lipinski definition) is 3. The number of aromatic amines is 1. The van der Waals surface area contributed by atoms with Gasteiger partial charge in [-0.1, -0.05) is 42.5 Å². The molecule has 0 aliphatic carbocycles. The minimum atomic E-state index is -4.29. The first-order chi connectivity index (χ1) is 17.0. The van der Waals surface area contributed by atoms with Crippen molar-refractivity contribution in [1.29, 1.82) is 0 Å². The summed E-state index contributed by atoms with van der Waals surface area (Å²) in [6.45, 7) is 1.46. The molecule has 3 aromatic rings. The number of ether oxygens (including phenoxy) is 2. The number of alkyl halides is 3. The summed E-state index contributed by atoms with van der Waals surface area (Å²) in [5.41, 5.74) is 0.118. The summed E-state index contributed by atoms with van der Waals surface area (Å²) >= 11 is 4.57. The smallest absolute Gasteiger partial charge is 0.417 e. The van der Waals surface area contributed by atoms with Gasteiger partial charge in [0.15, 0.2) is 17.2 Å². The molecule has 1 unspecified atom stereocenters. The van der Waals surface area contributed by atoms with Crippen LogP contribution in [0.15, 0.2) is 60.9 Å². The van der Waals surface area contributed by atoms with Gasteiger partial charge in [0, 0.05) is 24.9 Å². The lowest BCUT2D eigenvalue weighted by molar-refractivity contribution is -0.146. The molecule has 36 heavy (non-hydrogen) atoms. The van der Waals surface area contributed by atoms with Crippen molar-refractivity contribution in [1.82, 2.24) is 15.3 Å². The molecule has 0 saturated carbocycles. The number of hydrogen-bond acceptors (Lipinski definition) is 7. The van der Waals surface area contributed by atoms with E-state index >= 15 is 0 Å². The molecule has 192 valence electrons. The molecule has 3 rings (SSSR count). The van der Waals surface area contributed by atoms with E-state index in [4.69, 9.17) is 9.47 Å². The summed E-state index contributed by atoms with van der Waals surface area (Å²) in [7, 11) is 1.36. The Bertz CT molecular complexity index is 1200. The van der Waals surface area contributed by atoms with Crippen molar-refractivity contribution in [3.8, 4) is 11.5 Å². The highest BCUT2D eigenvalue weighted by molar-refractivity contribution is 7.71. The number of halogens is 3. The second-order valence-electron chi connectivity index (χ2n) is 7.32. The van der Waals surface area contributed by atoms with Crippen LogP contribution in [0.4, 0.5) is 13.2 Å². The molecule has 2 aromatic heterocycles. The quantitative estimate of drug-likeness (QED) is 0.310. The molecule has 0 radical (unpaired) electrons. The van der Waals surface area contributed by atoms with Crippen LogP contribution >= 0.6 is 12.2 Å². The van der Waals surface area contributed by atoms with Crippen molar-refractivity contribution in [3.05, 3.63) is 82.4 Å². The molecule has 0 fully saturated rings. The summed E-state index contributed by atoms with van der Waals surface area (Å²) in [4.78, 5) is 29.9. The molecule has 0 aliphatic rings. The number of aromatic hydroxyl groups is 1. The molecule has 0 aliphatic heterocycles. The Hall–Kier alpha value is -3.93. The van der Waals surface area contributed by atoms with Crippen LogP contribution in [0.3, 0.4) is 0 Å². The molecule has 0 saturated heterocycles. The van der Waals surface area contributed by atoms with Gasteiger partial charge in [-0.2, -0.15) is 13.2 Å². The van der Waals surface area contributed by atoms with Gasteiger partial charge in [-0.25, -0.2) is 4.98 Å². The molecule has 1 atom stereocenters. The monoisotopic (exact) mass is 523 g/mol. The molecule has 8 nitrogen and oxygen atoms in total. The van der Waals surface area contributed by atoms with Crippen molar-refractivity contribution < 1.29 is 37.3 Å². The van der Waals surface area contributed by atoms with Gasteiger partial charge in [0.25, 0.3) is 5.91 Å². The fourth-order valence-electron chi connectivity index (χ4n) is 2.84. The van der Waals surface area contributed by atoms with Crippen molar-refractivity contribution in [2.75, 3.05) is 13.7 Å². The summed E-state index contributed by atoms with van der Waals surface area (Å²) in [6.07, 6.45) is -1.86. The van der Waals surface area contributed by atoms with E-state index in [0.29, 0.717) is 6.42 Å². The normalized spacial score (nSPS) is 11.5. The Balaban J connectivity index is 0.000000346. The highest BCUT2D eigenvalue weighted by Crippen LogP contribution is 2.28. The molecule has 3 N–H and O–H groups in total. The average molecular weight is 524 g/mol. The molecule has 0 spiro atoms. The first-order valence-corrected chi connectivity index (χ1v) is 10.9. The van der Waals surface area contributed by atoms with E-state index in [9.17, 15) is 27.9 Å². The largest absolute Gasteiger partial charge is 0.503 e. The van der Waals surface area contributed by atoms with Crippen LogP contribution in [0.1, 0.15) is 28.5 Å². The lowest BCUT2D eigenvalue weighted by Crippen LogP contribution is -2.33. The van der Waals surface area contributed by atoms with E-state index < -0.39 is 23.6 Å². The first-order valence-electron chi connectivity index (χ1n) is 10.5. The SMILES string of the molecule is COc1ccnc(C(=O)NCC(=O)OC(C)Cc2ccccc2)c1O.FC(F)(F)c1ccc(=S)[nH]c1. The minimum absolute atomic E-state index is 0.124. The lowest BCUT2D eigenvalue weighted by Gasteiger charge is -2.14. The van der Waals surface area contributed by atoms with E-state index in [0.717, 1.165) is 17.8 Å². The third-order valence-corrected chi connectivity index (χ3v) is 4.78. The number of aromatic nitrogens is 2. The zero-order valence-electron chi connectivity index (χ0n) is 19.3. The summed E-state index contributed by atoms with van der Waals surface area (Å²) in [5.74, 6) is -1.52. The predicted molar refractivity (Wildman–Crippen MR) is 127 cm³/mol. The maximum atomic E-state index is 12.0. The highest BCUT2D eigenvalue weighted by atomic mass is 32.1. The fourth-order valence-corrected chi connectivity index (χ4v) is 2.97. The van der Waals surface area contributed by atoms with Gasteiger partial charge in [0.1, 0.15) is 17.3 Å². The first kappa shape index (κ1) is 28.3. The number of carbonyl (C=O) groups excluding carboxylic acids is 2. The second kappa shape index (κ2) is 13.2. The molecule has 0 bridgehead atoms. The van der Waals surface area contributed by atoms with Gasteiger partial charge >= 0.3 is 12.1 Å². The van der Waals surface area contributed by atoms with E-state index in [1.807, 2.05) is 30.3 Å². The van der Waals surface area contributed by atoms with Crippen molar-refractivity contribution in [2.24, 2.45) is 0 Å². The van der Waals surface area contributed by atoms with Gasteiger partial charge < -0.3 is 24.9 Å². The van der Waals surface area contributed by atoms with Crippen molar-refractivity contribution >= 4 is 24.1 Å². The zero-order chi connectivity index (χ0) is 26.7. The predicted octanol–water partition coefficient (Wildman–Crippen LogP) is 4.46. The van der Waals surface area contributed by atoms with Crippen molar-refractivity contribution in [3.63, 3.8) is 0 Å². The van der Waals surface area contributed by atoms with E-state index in [2.05, 4.69) is 27.5 Å². The fraction of sp³-hybridized carbons (Fsp3) is 0.250. The zero-order valence-corrected chi connectivity index (χ0v) is 20.2. The standard InChI is InChI=1S/C18H20N2O5.C6H4F3NS/c1-12(10-13-6-4-3-5-7-13)25-15(21)11-20-18(23)16-17(22)14(24-2)8-9-19-16;7-6(8,9)4-1-2-5(11)10-3-4/h3-9,12,22H,10-11H2,1-2H3,(H,20,23);1-3H,(H,10,11). The Morgan fingerprint density at radius 2 is 1.86 bits per heavy atom. The number of amides is 1. The number of benzene rings is 1. The molecule has 2 heterocycles. The van der Waals surface area contributed by atoms with Crippen molar-refractivity contribution in [2.45, 2.75) is 25.6 Å². The van der Waals surface area contributed by atoms with E-state index in [-0.39, 0.29) is 34.5 Å². The summed E-state index contributed by atoms with van der Waals surface area (Å²) in [5, 5.41) is 12.2. The highest BCUT2D eigenvalue weighted by Gasteiger charge is 2.30. The van der Waals surface area contributed by atoms with Crippen LogP contribution in [-0.2, 0) is 22.1 Å². The van der Waals surface area contributed by atoms with E-state index in [1.54, 1.807) is 6.92 Å². The maximum Gasteiger partial charge on any atom is 0.417 e. The second-order valence-corrected chi connectivity index (χ2v) is 7.76. The van der Waals surface area contributed by atoms with Crippen LogP contribution in [0, 0.1) is 4.64 Å². The summed E-state index contributed by atoms with van der Waals surface area (Å²) in [6, 6.07) is 13.2. The maximum absolute atomic E-state index is 12.0. The van der Waals surface area contributed by atoms with Gasteiger partial charge in [-0.3, -0.25) is 9.59 Å². The summed E-state index contributed by atoms with van der Waals surface area (Å²) < 4.78 is 46.0. The average Bonchev–Trinajstić information content (AvgIpc) is 2.83. The third kappa shape index (κ3) is 9.02. The van der Waals surface area contributed by atoms with Gasteiger partial charge in [-0.15, -0.1) is 0 Å². The number of H-pyrrole nitrogens is 1. The van der Waals surface area contributed by atoms with Gasteiger partial charge in [0.05, 0.1) is 12.7 Å². The molecule has 12 heteroatoms. The Kier molecular flexibility index (Phi) is 10.4. The number of rotatable bonds is 7. The molecular weight excluding hydrogens is 499 g/mol. The number of methoxy groups -OCH3 is 1.